The van der Waals surface area contributed by atoms with E-state index in [2.05, 4.69) is 0 Å². The largest absolute Gasteiger partial charge is 0.497 e. The van der Waals surface area contributed by atoms with Crippen molar-refractivity contribution in [3.05, 3.63) is 58.6 Å². The van der Waals surface area contributed by atoms with Gasteiger partial charge in [-0.05, 0) is 49.2 Å². The van der Waals surface area contributed by atoms with Gasteiger partial charge in [0.15, 0.2) is 0 Å². The van der Waals surface area contributed by atoms with Crippen molar-refractivity contribution in [1.29, 1.82) is 0 Å². The van der Waals surface area contributed by atoms with Gasteiger partial charge in [0.1, 0.15) is 11.5 Å². The van der Waals surface area contributed by atoms with Gasteiger partial charge in [-0.2, -0.15) is 0 Å². The first-order chi connectivity index (χ1) is 9.96. The molecule has 1 unspecified atom stereocenters. The molecule has 0 radical (unpaired) electrons. The van der Waals surface area contributed by atoms with Gasteiger partial charge in [0, 0.05) is 16.1 Å². The molecule has 0 saturated heterocycles. The van der Waals surface area contributed by atoms with Gasteiger partial charge in [-0.3, -0.25) is 0 Å². The van der Waals surface area contributed by atoms with Gasteiger partial charge in [-0.25, -0.2) is 0 Å². The molecule has 2 aromatic carbocycles. The molecule has 1 atom stereocenters. The Morgan fingerprint density at radius 1 is 1.05 bits per heavy atom. The number of ether oxygens (including phenoxy) is 2. The molecule has 2 rings (SSSR count). The van der Waals surface area contributed by atoms with Crippen molar-refractivity contribution in [3.8, 4) is 11.5 Å². The van der Waals surface area contributed by atoms with Crippen LogP contribution in [0.25, 0.3) is 0 Å². The van der Waals surface area contributed by atoms with E-state index in [9.17, 15) is 0 Å². The third-order valence-electron chi connectivity index (χ3n) is 3.51. The topological polar surface area (TPSA) is 44.5 Å². The SMILES string of the molecule is COc1ccc(CC(C)(N)c2cc(Cl)ccc2OC)cc1. The summed E-state index contributed by atoms with van der Waals surface area (Å²) in [5.41, 5.74) is 7.96. The van der Waals surface area contributed by atoms with Gasteiger partial charge in [0.05, 0.1) is 14.2 Å². The van der Waals surface area contributed by atoms with E-state index in [0.717, 1.165) is 22.6 Å². The highest BCUT2D eigenvalue weighted by molar-refractivity contribution is 6.30. The first-order valence-electron chi connectivity index (χ1n) is 6.72. The molecule has 112 valence electrons. The number of halogens is 1. The second-order valence-electron chi connectivity index (χ2n) is 5.29. The molecular weight excluding hydrogens is 286 g/mol. The van der Waals surface area contributed by atoms with Crippen LogP contribution in [-0.4, -0.2) is 14.2 Å². The van der Waals surface area contributed by atoms with Crippen molar-refractivity contribution < 1.29 is 9.47 Å². The summed E-state index contributed by atoms with van der Waals surface area (Å²) >= 11 is 6.09. The number of benzene rings is 2. The van der Waals surface area contributed by atoms with Gasteiger partial charge in [0.2, 0.25) is 0 Å². The van der Waals surface area contributed by atoms with Crippen LogP contribution in [0.3, 0.4) is 0 Å². The standard InChI is InChI=1S/C17H20ClNO2/c1-17(19,11-12-4-7-14(20-2)8-5-12)15-10-13(18)6-9-16(15)21-3/h4-10H,11,19H2,1-3H3. The lowest BCUT2D eigenvalue weighted by molar-refractivity contribution is 0.386. The third kappa shape index (κ3) is 3.69. The van der Waals surface area contributed by atoms with Gasteiger partial charge in [0.25, 0.3) is 0 Å². The number of nitrogens with two attached hydrogens (primary N) is 1. The number of hydrogen-bond acceptors (Lipinski definition) is 3. The molecule has 0 aliphatic heterocycles. The number of hydrogen-bond donors (Lipinski definition) is 1. The lowest BCUT2D eigenvalue weighted by Gasteiger charge is -2.27. The molecule has 0 aliphatic rings. The maximum atomic E-state index is 6.52. The maximum Gasteiger partial charge on any atom is 0.124 e. The number of rotatable bonds is 5. The average Bonchev–Trinajstić information content (AvgIpc) is 2.47. The summed E-state index contributed by atoms with van der Waals surface area (Å²) in [4.78, 5) is 0. The zero-order valence-corrected chi connectivity index (χ0v) is 13.3. The Morgan fingerprint density at radius 3 is 2.29 bits per heavy atom. The molecule has 2 aromatic rings. The van der Waals surface area contributed by atoms with Crippen molar-refractivity contribution in [2.45, 2.75) is 18.9 Å². The van der Waals surface area contributed by atoms with E-state index in [1.54, 1.807) is 20.3 Å². The van der Waals surface area contributed by atoms with E-state index in [0.29, 0.717) is 11.4 Å². The lowest BCUT2D eigenvalue weighted by Crippen LogP contribution is -2.35. The minimum atomic E-state index is -0.579. The fraction of sp³-hybridized carbons (Fsp3) is 0.294. The second-order valence-corrected chi connectivity index (χ2v) is 5.72. The van der Waals surface area contributed by atoms with E-state index in [-0.39, 0.29) is 0 Å². The molecule has 2 N–H and O–H groups in total. The molecule has 3 nitrogen and oxygen atoms in total. The molecule has 0 aromatic heterocycles. The molecular formula is C17H20ClNO2. The highest BCUT2D eigenvalue weighted by Crippen LogP contribution is 2.33. The summed E-state index contributed by atoms with van der Waals surface area (Å²) in [5.74, 6) is 1.58. The Hall–Kier alpha value is -1.71. The van der Waals surface area contributed by atoms with Crippen LogP contribution in [-0.2, 0) is 12.0 Å². The average molecular weight is 306 g/mol. The molecule has 0 saturated carbocycles. The van der Waals surface area contributed by atoms with Crippen LogP contribution in [0, 0.1) is 0 Å². The van der Waals surface area contributed by atoms with Crippen LogP contribution in [0.4, 0.5) is 0 Å². The normalized spacial score (nSPS) is 13.6. The van der Waals surface area contributed by atoms with Crippen LogP contribution in [0.1, 0.15) is 18.1 Å². The first kappa shape index (κ1) is 15.7. The van der Waals surface area contributed by atoms with Crippen molar-refractivity contribution in [2.75, 3.05) is 14.2 Å². The van der Waals surface area contributed by atoms with Crippen molar-refractivity contribution >= 4 is 11.6 Å². The zero-order valence-electron chi connectivity index (χ0n) is 12.5. The molecule has 0 bridgehead atoms. The molecule has 0 aliphatic carbocycles. The van der Waals surface area contributed by atoms with E-state index in [4.69, 9.17) is 26.8 Å². The van der Waals surface area contributed by atoms with E-state index < -0.39 is 5.54 Å². The van der Waals surface area contributed by atoms with Crippen LogP contribution >= 0.6 is 11.6 Å². The third-order valence-corrected chi connectivity index (χ3v) is 3.74. The Balaban J connectivity index is 2.30. The summed E-state index contributed by atoms with van der Waals surface area (Å²) in [5, 5.41) is 0.650. The summed E-state index contributed by atoms with van der Waals surface area (Å²) in [6, 6.07) is 13.4. The maximum absolute atomic E-state index is 6.52. The highest BCUT2D eigenvalue weighted by atomic mass is 35.5. The summed E-state index contributed by atoms with van der Waals surface area (Å²) in [6.45, 7) is 1.98. The zero-order chi connectivity index (χ0) is 15.5. The molecule has 0 amide bonds. The second kappa shape index (κ2) is 6.37. The summed E-state index contributed by atoms with van der Waals surface area (Å²) in [6.07, 6.45) is 0.674. The van der Waals surface area contributed by atoms with Crippen molar-refractivity contribution in [1.82, 2.24) is 0 Å². The molecule has 4 heteroatoms. The van der Waals surface area contributed by atoms with Crippen LogP contribution in [0.5, 0.6) is 11.5 Å². The molecule has 0 heterocycles. The highest BCUT2D eigenvalue weighted by Gasteiger charge is 2.26. The molecule has 0 fully saturated rings. The van der Waals surface area contributed by atoms with Crippen LogP contribution in [0.15, 0.2) is 42.5 Å². The van der Waals surface area contributed by atoms with E-state index in [1.807, 2.05) is 43.3 Å². The van der Waals surface area contributed by atoms with Gasteiger partial charge in [-0.1, -0.05) is 23.7 Å². The van der Waals surface area contributed by atoms with E-state index in [1.165, 1.54) is 0 Å². The minimum Gasteiger partial charge on any atom is -0.497 e. The first-order valence-corrected chi connectivity index (χ1v) is 7.10. The molecule has 0 spiro atoms. The summed E-state index contributed by atoms with van der Waals surface area (Å²) < 4.78 is 10.6. The van der Waals surface area contributed by atoms with Gasteiger partial charge >= 0.3 is 0 Å². The Kier molecular flexibility index (Phi) is 4.76. The predicted octanol–water partition coefficient (Wildman–Crippen LogP) is 3.77. The van der Waals surface area contributed by atoms with Gasteiger partial charge in [-0.15, -0.1) is 0 Å². The van der Waals surface area contributed by atoms with Gasteiger partial charge < -0.3 is 15.2 Å². The van der Waals surface area contributed by atoms with E-state index >= 15 is 0 Å². The lowest BCUT2D eigenvalue weighted by atomic mass is 9.86. The van der Waals surface area contributed by atoms with Crippen LogP contribution in [0.2, 0.25) is 5.02 Å². The summed E-state index contributed by atoms with van der Waals surface area (Å²) in [7, 11) is 3.29. The number of methoxy groups -OCH3 is 2. The fourth-order valence-corrected chi connectivity index (χ4v) is 2.56. The van der Waals surface area contributed by atoms with Crippen molar-refractivity contribution in [2.24, 2.45) is 5.73 Å². The van der Waals surface area contributed by atoms with Crippen LogP contribution < -0.4 is 15.2 Å². The fourth-order valence-electron chi connectivity index (χ4n) is 2.39. The Bertz CT molecular complexity index is 609. The monoisotopic (exact) mass is 305 g/mol. The minimum absolute atomic E-state index is 0.579. The smallest absolute Gasteiger partial charge is 0.124 e. The van der Waals surface area contributed by atoms with Crippen molar-refractivity contribution in [3.63, 3.8) is 0 Å². The predicted molar refractivity (Wildman–Crippen MR) is 86.2 cm³/mol. The molecule has 21 heavy (non-hydrogen) atoms. The quantitative estimate of drug-likeness (QED) is 0.914. The Morgan fingerprint density at radius 2 is 1.71 bits per heavy atom. The Labute approximate surface area is 130 Å².